The smallest absolute Gasteiger partial charge is 0.305 e. The zero-order chi connectivity index (χ0) is 9.40. The number of thiol groups is 2. The molecule has 0 aliphatic carbocycles. The fourth-order valence-electron chi connectivity index (χ4n) is 0.843. The Balaban J connectivity index is 3.15. The van der Waals surface area contributed by atoms with Crippen LogP contribution in [0.15, 0.2) is 0 Å². The Labute approximate surface area is 84.9 Å². The van der Waals surface area contributed by atoms with E-state index in [1.165, 1.54) is 7.11 Å². The predicted octanol–water partition coefficient (Wildman–Crippen LogP) is 1.95. The molecule has 1 unspecified atom stereocenters. The molecule has 0 rings (SSSR count). The van der Waals surface area contributed by atoms with Gasteiger partial charge in [-0.15, -0.1) is 0 Å². The van der Waals surface area contributed by atoms with Crippen molar-refractivity contribution in [3.8, 4) is 0 Å². The number of carbonyl (C=O) groups excluding carboxylic acids is 1. The molecule has 0 bridgehead atoms. The van der Waals surface area contributed by atoms with Crippen LogP contribution in [0.25, 0.3) is 0 Å². The molecule has 0 spiro atoms. The minimum Gasteiger partial charge on any atom is -0.469 e. The van der Waals surface area contributed by atoms with Crippen LogP contribution in [-0.4, -0.2) is 24.1 Å². The van der Waals surface area contributed by atoms with Gasteiger partial charge in [-0.2, -0.15) is 25.3 Å². The first-order valence-electron chi connectivity index (χ1n) is 4.06. The van der Waals surface area contributed by atoms with Gasteiger partial charge >= 0.3 is 5.97 Å². The Bertz CT molecular complexity index is 128. The van der Waals surface area contributed by atoms with Crippen molar-refractivity contribution < 1.29 is 9.53 Å². The standard InChI is InChI=1S/C8H16O2S2/c1-10-8(9)5-3-2-4-7(12)6-11/h7,11-12H,2-6H2,1H3. The molecule has 0 aromatic heterocycles. The van der Waals surface area contributed by atoms with Crippen molar-refractivity contribution >= 4 is 31.2 Å². The molecule has 2 nitrogen and oxygen atoms in total. The first kappa shape index (κ1) is 12.2. The highest BCUT2D eigenvalue weighted by molar-refractivity contribution is 7.84. The van der Waals surface area contributed by atoms with E-state index in [-0.39, 0.29) is 5.97 Å². The molecule has 0 N–H and O–H groups in total. The fraction of sp³-hybridized carbons (Fsp3) is 0.875. The van der Waals surface area contributed by atoms with E-state index in [2.05, 4.69) is 30.0 Å². The second-order valence-electron chi connectivity index (χ2n) is 2.66. The summed E-state index contributed by atoms with van der Waals surface area (Å²) in [5.41, 5.74) is 0. The summed E-state index contributed by atoms with van der Waals surface area (Å²) >= 11 is 8.39. The number of hydrogen-bond acceptors (Lipinski definition) is 4. The Morgan fingerprint density at radius 2 is 2.17 bits per heavy atom. The van der Waals surface area contributed by atoms with Crippen LogP contribution in [0.4, 0.5) is 0 Å². The van der Waals surface area contributed by atoms with Crippen LogP contribution in [-0.2, 0) is 9.53 Å². The summed E-state index contributed by atoms with van der Waals surface area (Å²) in [6.07, 6.45) is 3.44. The van der Waals surface area contributed by atoms with Crippen LogP contribution >= 0.6 is 25.3 Å². The molecule has 0 fully saturated rings. The summed E-state index contributed by atoms with van der Waals surface area (Å²) in [4.78, 5) is 10.7. The van der Waals surface area contributed by atoms with Crippen molar-refractivity contribution in [1.82, 2.24) is 0 Å². The Kier molecular flexibility index (Phi) is 7.91. The summed E-state index contributed by atoms with van der Waals surface area (Å²) in [5, 5.41) is 0.353. The Hall–Kier alpha value is 0.170. The molecule has 0 aliphatic rings. The first-order chi connectivity index (χ1) is 5.70. The number of rotatable bonds is 6. The third-order valence-electron chi connectivity index (χ3n) is 1.61. The van der Waals surface area contributed by atoms with Gasteiger partial charge in [0.2, 0.25) is 0 Å². The highest BCUT2D eigenvalue weighted by Crippen LogP contribution is 2.09. The minimum absolute atomic E-state index is 0.128. The largest absolute Gasteiger partial charge is 0.469 e. The van der Waals surface area contributed by atoms with E-state index in [9.17, 15) is 4.79 Å². The van der Waals surface area contributed by atoms with Crippen LogP contribution < -0.4 is 0 Å². The van der Waals surface area contributed by atoms with Crippen LogP contribution in [0.2, 0.25) is 0 Å². The average Bonchev–Trinajstić information content (AvgIpc) is 2.11. The quantitative estimate of drug-likeness (QED) is 0.396. The Morgan fingerprint density at radius 1 is 1.50 bits per heavy atom. The zero-order valence-corrected chi connectivity index (χ0v) is 9.11. The van der Waals surface area contributed by atoms with Gasteiger partial charge in [-0.1, -0.05) is 6.42 Å². The van der Waals surface area contributed by atoms with Gasteiger partial charge in [0.15, 0.2) is 0 Å². The van der Waals surface area contributed by atoms with Crippen molar-refractivity contribution in [2.75, 3.05) is 12.9 Å². The van der Waals surface area contributed by atoms with Crippen LogP contribution in [0.3, 0.4) is 0 Å². The maximum atomic E-state index is 10.7. The monoisotopic (exact) mass is 208 g/mol. The van der Waals surface area contributed by atoms with E-state index in [1.807, 2.05) is 0 Å². The number of carbonyl (C=O) groups is 1. The van der Waals surface area contributed by atoms with Gasteiger partial charge in [0.1, 0.15) is 0 Å². The Morgan fingerprint density at radius 3 is 2.67 bits per heavy atom. The molecular weight excluding hydrogens is 192 g/mol. The summed E-state index contributed by atoms with van der Waals surface area (Å²) in [5.74, 6) is 0.665. The van der Waals surface area contributed by atoms with E-state index in [4.69, 9.17) is 0 Å². The maximum Gasteiger partial charge on any atom is 0.305 e. The van der Waals surface area contributed by atoms with E-state index < -0.39 is 0 Å². The van der Waals surface area contributed by atoms with Gasteiger partial charge in [-0.05, 0) is 12.8 Å². The summed E-state index contributed by atoms with van der Waals surface area (Å²) in [6.45, 7) is 0. The van der Waals surface area contributed by atoms with Crippen molar-refractivity contribution in [2.45, 2.75) is 30.9 Å². The molecular formula is C8H16O2S2. The summed E-state index contributed by atoms with van der Waals surface area (Å²) < 4.78 is 4.51. The SMILES string of the molecule is COC(=O)CCCCC(S)CS. The molecule has 12 heavy (non-hydrogen) atoms. The minimum atomic E-state index is -0.128. The molecule has 72 valence electrons. The molecule has 0 aromatic carbocycles. The van der Waals surface area contributed by atoms with Crippen molar-refractivity contribution in [2.24, 2.45) is 0 Å². The van der Waals surface area contributed by atoms with Gasteiger partial charge in [-0.3, -0.25) is 4.79 Å². The third kappa shape index (κ3) is 6.85. The van der Waals surface area contributed by atoms with Gasteiger partial charge in [0, 0.05) is 17.4 Å². The summed E-state index contributed by atoms with van der Waals surface area (Å²) in [6, 6.07) is 0. The van der Waals surface area contributed by atoms with Crippen molar-refractivity contribution in [3.63, 3.8) is 0 Å². The van der Waals surface area contributed by atoms with E-state index >= 15 is 0 Å². The van der Waals surface area contributed by atoms with E-state index in [1.54, 1.807) is 0 Å². The highest BCUT2D eigenvalue weighted by Gasteiger charge is 2.02. The third-order valence-corrected chi connectivity index (χ3v) is 2.78. The fourth-order valence-corrected chi connectivity index (χ4v) is 1.21. The number of unbranched alkanes of at least 4 members (excludes halogenated alkanes) is 1. The molecule has 0 aliphatic heterocycles. The molecule has 4 heteroatoms. The lowest BCUT2D eigenvalue weighted by atomic mass is 10.1. The number of hydrogen-bond donors (Lipinski definition) is 2. The lowest BCUT2D eigenvalue weighted by Gasteiger charge is -2.05. The number of esters is 1. The molecule has 1 atom stereocenters. The van der Waals surface area contributed by atoms with Crippen LogP contribution in [0, 0.1) is 0 Å². The lowest BCUT2D eigenvalue weighted by Crippen LogP contribution is -2.02. The normalized spacial score (nSPS) is 12.6. The van der Waals surface area contributed by atoms with Gasteiger partial charge in [0.25, 0.3) is 0 Å². The van der Waals surface area contributed by atoms with Gasteiger partial charge in [0.05, 0.1) is 7.11 Å². The average molecular weight is 208 g/mol. The van der Waals surface area contributed by atoms with Crippen LogP contribution in [0.1, 0.15) is 25.7 Å². The maximum absolute atomic E-state index is 10.7. The topological polar surface area (TPSA) is 26.3 Å². The molecule has 0 radical (unpaired) electrons. The van der Waals surface area contributed by atoms with Gasteiger partial charge in [-0.25, -0.2) is 0 Å². The van der Waals surface area contributed by atoms with Gasteiger partial charge < -0.3 is 4.74 Å². The lowest BCUT2D eigenvalue weighted by molar-refractivity contribution is -0.140. The molecule has 0 heterocycles. The molecule has 0 saturated carbocycles. The second-order valence-corrected chi connectivity index (χ2v) is 3.75. The first-order valence-corrected chi connectivity index (χ1v) is 5.21. The van der Waals surface area contributed by atoms with E-state index in [0.717, 1.165) is 25.0 Å². The molecule has 0 aromatic rings. The highest BCUT2D eigenvalue weighted by atomic mass is 32.1. The second kappa shape index (κ2) is 7.80. The van der Waals surface area contributed by atoms with Crippen LogP contribution in [0.5, 0.6) is 0 Å². The molecule has 0 saturated heterocycles. The summed E-state index contributed by atoms with van der Waals surface area (Å²) in [7, 11) is 1.41. The van der Waals surface area contributed by atoms with Crippen molar-refractivity contribution in [1.29, 1.82) is 0 Å². The predicted molar refractivity (Wildman–Crippen MR) is 57.1 cm³/mol. The van der Waals surface area contributed by atoms with Crippen molar-refractivity contribution in [3.05, 3.63) is 0 Å². The number of methoxy groups -OCH3 is 1. The zero-order valence-electron chi connectivity index (χ0n) is 7.32. The van der Waals surface area contributed by atoms with E-state index in [0.29, 0.717) is 11.7 Å². The molecule has 0 amide bonds. The number of ether oxygens (including phenoxy) is 1.